The maximum Gasteiger partial charge on any atom is 0.238 e. The molecule has 0 radical (unpaired) electrons. The highest BCUT2D eigenvalue weighted by atomic mass is 15.3. The van der Waals surface area contributed by atoms with Crippen molar-refractivity contribution in [2.75, 3.05) is 9.80 Å². The minimum atomic E-state index is -0.635. The molecule has 8 aromatic rings. The van der Waals surface area contributed by atoms with Crippen LogP contribution in [0.5, 0.6) is 0 Å². The fourth-order valence-electron chi connectivity index (χ4n) is 7.95. The van der Waals surface area contributed by atoms with Gasteiger partial charge in [-0.05, 0) is 70.8 Å². The third kappa shape index (κ3) is 4.36. The third-order valence-corrected chi connectivity index (χ3v) is 9.99. The van der Waals surface area contributed by atoms with Crippen molar-refractivity contribution in [1.29, 1.82) is 0 Å². The summed E-state index contributed by atoms with van der Waals surface area (Å²) in [6.07, 6.45) is 3.56. The Morgan fingerprint density at radius 3 is 1.31 bits per heavy atom. The fraction of sp³-hybridized carbons (Fsp3) is 0.0222. The van der Waals surface area contributed by atoms with Crippen molar-refractivity contribution in [3.8, 4) is 22.8 Å². The van der Waals surface area contributed by atoms with Crippen LogP contribution in [0.1, 0.15) is 22.3 Å². The van der Waals surface area contributed by atoms with Gasteiger partial charge in [-0.1, -0.05) is 121 Å². The number of hydrogen-bond acceptors (Lipinski definition) is 6. The molecule has 0 unspecified atom stereocenters. The summed E-state index contributed by atoms with van der Waals surface area (Å²) in [6, 6.07) is 59.7. The van der Waals surface area contributed by atoms with Gasteiger partial charge in [0, 0.05) is 29.2 Å². The maximum atomic E-state index is 5.20. The number of fused-ring (bicyclic) bond motifs is 8. The number of para-hydroxylation sites is 5. The van der Waals surface area contributed by atoms with Crippen molar-refractivity contribution in [3.05, 3.63) is 205 Å². The van der Waals surface area contributed by atoms with Gasteiger partial charge in [0.15, 0.2) is 11.6 Å². The molecule has 6 heteroatoms. The number of pyridine rings is 1. The average Bonchev–Trinajstić information content (AvgIpc) is 3.21. The lowest BCUT2D eigenvalue weighted by Crippen LogP contribution is -2.42. The second-order valence-corrected chi connectivity index (χ2v) is 12.7. The topological polar surface area (TPSA) is 58.0 Å². The second kappa shape index (κ2) is 11.6. The molecule has 240 valence electrons. The van der Waals surface area contributed by atoms with Crippen LogP contribution in [0.2, 0.25) is 0 Å². The Morgan fingerprint density at radius 1 is 0.373 bits per heavy atom. The van der Waals surface area contributed by atoms with Crippen LogP contribution in [-0.4, -0.2) is 19.9 Å². The molecule has 0 atom stereocenters. The second-order valence-electron chi connectivity index (χ2n) is 12.7. The van der Waals surface area contributed by atoms with Gasteiger partial charge >= 0.3 is 0 Å². The van der Waals surface area contributed by atoms with Gasteiger partial charge in [0.05, 0.1) is 28.2 Å². The molecule has 0 bridgehead atoms. The van der Waals surface area contributed by atoms with Gasteiger partial charge in [-0.15, -0.1) is 0 Å². The summed E-state index contributed by atoms with van der Waals surface area (Å²) in [5.41, 5.74) is 11.3. The lowest BCUT2D eigenvalue weighted by Gasteiger charge is -2.50. The zero-order valence-corrected chi connectivity index (χ0v) is 27.5. The Morgan fingerprint density at radius 2 is 0.804 bits per heavy atom. The molecular formula is C45H30N6. The standard InChI is InChI=1S/C45H30N6/c1-3-16-31(17-4-1)42-47-43(32-18-15-29-46-30-32)49-44(48-42)51-40-27-13-9-23-36(40)45(37-24-10-14-28-41(37)51)34-21-7-11-25-38(34)50(33-19-5-2-6-20-33)39-26-12-8-22-35(39)45/h1-30H. The Kier molecular flexibility index (Phi) is 6.61. The number of aromatic nitrogens is 4. The van der Waals surface area contributed by atoms with Crippen LogP contribution in [0.4, 0.5) is 34.4 Å². The molecule has 1 spiro atoms. The summed E-state index contributed by atoms with van der Waals surface area (Å²) < 4.78 is 0. The first-order valence-corrected chi connectivity index (χ1v) is 17.1. The number of rotatable bonds is 4. The molecule has 0 amide bonds. The summed E-state index contributed by atoms with van der Waals surface area (Å²) in [6.45, 7) is 0. The van der Waals surface area contributed by atoms with Crippen LogP contribution in [0.3, 0.4) is 0 Å². The molecule has 51 heavy (non-hydrogen) atoms. The van der Waals surface area contributed by atoms with E-state index in [0.717, 1.165) is 50.7 Å². The van der Waals surface area contributed by atoms with Gasteiger partial charge < -0.3 is 4.90 Å². The predicted octanol–water partition coefficient (Wildman–Crippen LogP) is 10.5. The molecule has 0 N–H and O–H groups in total. The SMILES string of the molecule is c1ccc(-c2nc(-c3cccnc3)nc(N3c4ccccc4C4(c5ccccc5N(c5ccccc5)c5ccccc54)c4ccccc43)n2)cc1. The van der Waals surface area contributed by atoms with Crippen LogP contribution in [-0.2, 0) is 5.41 Å². The Balaban J connectivity index is 1.28. The maximum absolute atomic E-state index is 5.20. The van der Waals surface area contributed by atoms with E-state index >= 15 is 0 Å². The Bertz CT molecular complexity index is 2400. The molecule has 0 saturated carbocycles. The number of benzene rings is 6. The van der Waals surface area contributed by atoms with E-state index in [1.54, 1.807) is 12.4 Å². The van der Waals surface area contributed by atoms with Crippen LogP contribution in [0.15, 0.2) is 182 Å². The van der Waals surface area contributed by atoms with Crippen LogP contribution >= 0.6 is 0 Å². The molecule has 6 aromatic carbocycles. The summed E-state index contributed by atoms with van der Waals surface area (Å²) in [7, 11) is 0. The molecule has 6 nitrogen and oxygen atoms in total. The minimum absolute atomic E-state index is 0.542. The van der Waals surface area contributed by atoms with Crippen LogP contribution < -0.4 is 9.80 Å². The Labute approximate surface area is 296 Å². The number of hydrogen-bond donors (Lipinski definition) is 0. The molecule has 4 heterocycles. The summed E-state index contributed by atoms with van der Waals surface area (Å²) in [4.78, 5) is 24.3. The van der Waals surface area contributed by atoms with E-state index in [1.165, 1.54) is 11.1 Å². The zero-order chi connectivity index (χ0) is 33.8. The highest BCUT2D eigenvalue weighted by molar-refractivity contribution is 5.95. The first kappa shape index (κ1) is 29.0. The van der Waals surface area contributed by atoms with Crippen molar-refractivity contribution in [2.45, 2.75) is 5.41 Å². The lowest BCUT2D eigenvalue weighted by atomic mass is 9.60. The van der Waals surface area contributed by atoms with Gasteiger partial charge in [-0.3, -0.25) is 9.88 Å². The molecule has 2 aromatic heterocycles. The van der Waals surface area contributed by atoms with Gasteiger partial charge in [0.2, 0.25) is 5.95 Å². The van der Waals surface area contributed by atoms with Gasteiger partial charge in [-0.2, -0.15) is 9.97 Å². The third-order valence-electron chi connectivity index (χ3n) is 9.99. The van der Waals surface area contributed by atoms with Crippen molar-refractivity contribution in [3.63, 3.8) is 0 Å². The van der Waals surface area contributed by atoms with E-state index in [9.17, 15) is 0 Å². The molecule has 0 saturated heterocycles. The predicted molar refractivity (Wildman–Crippen MR) is 203 cm³/mol. The first-order chi connectivity index (χ1) is 25.3. The first-order valence-electron chi connectivity index (χ1n) is 17.1. The minimum Gasteiger partial charge on any atom is -0.310 e. The lowest BCUT2D eigenvalue weighted by molar-refractivity contribution is 0.716. The van der Waals surface area contributed by atoms with Crippen molar-refractivity contribution in [1.82, 2.24) is 19.9 Å². The number of nitrogens with zero attached hydrogens (tertiary/aromatic N) is 6. The van der Waals surface area contributed by atoms with E-state index in [2.05, 4.69) is 142 Å². The highest BCUT2D eigenvalue weighted by Gasteiger charge is 2.52. The Hall–Kier alpha value is -6.92. The van der Waals surface area contributed by atoms with Crippen LogP contribution in [0, 0.1) is 0 Å². The van der Waals surface area contributed by atoms with Crippen LogP contribution in [0.25, 0.3) is 22.8 Å². The molecule has 0 fully saturated rings. The molecule has 2 aliphatic rings. The summed E-state index contributed by atoms with van der Waals surface area (Å²) in [5.74, 6) is 1.70. The fourth-order valence-corrected chi connectivity index (χ4v) is 7.95. The van der Waals surface area contributed by atoms with Crippen molar-refractivity contribution >= 4 is 34.4 Å². The van der Waals surface area contributed by atoms with E-state index in [1.807, 2.05) is 42.5 Å². The van der Waals surface area contributed by atoms with Crippen molar-refractivity contribution < 1.29 is 0 Å². The van der Waals surface area contributed by atoms with E-state index in [0.29, 0.717) is 17.6 Å². The average molecular weight is 655 g/mol. The smallest absolute Gasteiger partial charge is 0.238 e. The number of anilines is 6. The molecule has 2 aliphatic heterocycles. The zero-order valence-electron chi connectivity index (χ0n) is 27.5. The highest BCUT2D eigenvalue weighted by Crippen LogP contribution is 2.63. The molecule has 0 aliphatic carbocycles. The van der Waals surface area contributed by atoms with E-state index in [-0.39, 0.29) is 0 Å². The molecular weight excluding hydrogens is 625 g/mol. The normalized spacial score (nSPS) is 13.6. The summed E-state index contributed by atoms with van der Waals surface area (Å²) >= 11 is 0. The van der Waals surface area contributed by atoms with Gasteiger partial charge in [0.25, 0.3) is 0 Å². The summed E-state index contributed by atoms with van der Waals surface area (Å²) in [5, 5.41) is 0. The van der Waals surface area contributed by atoms with Crippen molar-refractivity contribution in [2.24, 2.45) is 0 Å². The van der Waals surface area contributed by atoms with E-state index in [4.69, 9.17) is 15.0 Å². The monoisotopic (exact) mass is 654 g/mol. The van der Waals surface area contributed by atoms with Gasteiger partial charge in [-0.25, -0.2) is 4.98 Å². The molecule has 10 rings (SSSR count). The quantitative estimate of drug-likeness (QED) is 0.188. The van der Waals surface area contributed by atoms with Gasteiger partial charge in [0.1, 0.15) is 0 Å². The van der Waals surface area contributed by atoms with E-state index < -0.39 is 5.41 Å². The largest absolute Gasteiger partial charge is 0.310 e.